The second-order valence-corrected chi connectivity index (χ2v) is 5.38. The predicted molar refractivity (Wildman–Crippen MR) is 66.7 cm³/mol. The number of morpholine rings is 1. The minimum absolute atomic E-state index is 0.0166. The zero-order valence-corrected chi connectivity index (χ0v) is 10.5. The van der Waals surface area contributed by atoms with Crippen LogP contribution in [0.4, 0.5) is 4.39 Å². The third-order valence-electron chi connectivity index (χ3n) is 4.01. The molecule has 4 heteroatoms. The van der Waals surface area contributed by atoms with Gasteiger partial charge in [-0.3, -0.25) is 4.98 Å². The Balaban J connectivity index is 1.75. The number of pyridine rings is 1. The van der Waals surface area contributed by atoms with Gasteiger partial charge in [0.25, 0.3) is 0 Å². The van der Waals surface area contributed by atoms with Gasteiger partial charge in [-0.05, 0) is 25.0 Å². The van der Waals surface area contributed by atoms with Crippen molar-refractivity contribution < 1.29 is 9.13 Å². The van der Waals surface area contributed by atoms with Crippen molar-refractivity contribution in [1.82, 2.24) is 10.3 Å². The van der Waals surface area contributed by atoms with Gasteiger partial charge < -0.3 is 10.1 Å². The fourth-order valence-corrected chi connectivity index (χ4v) is 3.05. The lowest BCUT2D eigenvalue weighted by molar-refractivity contribution is -0.137. The molecule has 1 aliphatic heterocycles. The molecular weight excluding hydrogens is 231 g/mol. The number of hydrogen-bond donors (Lipinski definition) is 1. The summed E-state index contributed by atoms with van der Waals surface area (Å²) in [4.78, 5) is 4.14. The molecule has 3 rings (SSSR count). The summed E-state index contributed by atoms with van der Waals surface area (Å²) in [6.07, 6.45) is 7.26. The van der Waals surface area contributed by atoms with Crippen LogP contribution in [-0.2, 0) is 4.74 Å². The van der Waals surface area contributed by atoms with Gasteiger partial charge in [0.15, 0.2) is 0 Å². The van der Waals surface area contributed by atoms with Gasteiger partial charge >= 0.3 is 0 Å². The standard InChI is InChI=1S/C14H19FN2O/c15-11-4-5-12(17-8-11)13-9-16-10-14(18-13)6-2-1-3-7-14/h4-5,8,13,16H,1-3,6-7,9-10H2. The highest BCUT2D eigenvalue weighted by Crippen LogP contribution is 2.37. The van der Waals surface area contributed by atoms with Crippen LogP contribution in [0.25, 0.3) is 0 Å². The molecule has 1 aromatic rings. The molecule has 2 heterocycles. The van der Waals surface area contributed by atoms with Gasteiger partial charge in [0.05, 0.1) is 17.5 Å². The van der Waals surface area contributed by atoms with Crippen LogP contribution < -0.4 is 5.32 Å². The largest absolute Gasteiger partial charge is 0.363 e. The third kappa shape index (κ3) is 2.40. The average Bonchev–Trinajstić information content (AvgIpc) is 2.40. The van der Waals surface area contributed by atoms with Crippen molar-refractivity contribution in [3.63, 3.8) is 0 Å². The van der Waals surface area contributed by atoms with Crippen molar-refractivity contribution in [2.24, 2.45) is 0 Å². The number of halogens is 1. The van der Waals surface area contributed by atoms with E-state index in [0.29, 0.717) is 0 Å². The molecule has 0 aromatic carbocycles. The highest BCUT2D eigenvalue weighted by Gasteiger charge is 2.38. The van der Waals surface area contributed by atoms with Crippen LogP contribution in [0.1, 0.15) is 43.9 Å². The van der Waals surface area contributed by atoms with E-state index in [1.165, 1.54) is 31.5 Å². The molecule has 3 nitrogen and oxygen atoms in total. The van der Waals surface area contributed by atoms with E-state index in [9.17, 15) is 4.39 Å². The topological polar surface area (TPSA) is 34.1 Å². The SMILES string of the molecule is Fc1ccc(C2CNCC3(CCCCC3)O2)nc1. The smallest absolute Gasteiger partial charge is 0.141 e. The average molecular weight is 250 g/mol. The van der Waals surface area contributed by atoms with E-state index in [0.717, 1.165) is 31.6 Å². The van der Waals surface area contributed by atoms with Gasteiger partial charge in [0.1, 0.15) is 11.9 Å². The fraction of sp³-hybridized carbons (Fsp3) is 0.643. The number of rotatable bonds is 1. The molecule has 0 amide bonds. The van der Waals surface area contributed by atoms with Crippen LogP contribution >= 0.6 is 0 Å². The van der Waals surface area contributed by atoms with Crippen molar-refractivity contribution in [1.29, 1.82) is 0 Å². The normalized spacial score (nSPS) is 27.3. The summed E-state index contributed by atoms with van der Waals surface area (Å²) in [7, 11) is 0. The molecule has 1 saturated heterocycles. The molecule has 18 heavy (non-hydrogen) atoms. The van der Waals surface area contributed by atoms with Crippen molar-refractivity contribution in [3.05, 3.63) is 29.8 Å². The van der Waals surface area contributed by atoms with Crippen molar-refractivity contribution in [2.45, 2.75) is 43.8 Å². The van der Waals surface area contributed by atoms with Crippen LogP contribution in [0.2, 0.25) is 0 Å². The molecule has 1 aromatic heterocycles. The Morgan fingerprint density at radius 1 is 1.28 bits per heavy atom. The third-order valence-corrected chi connectivity index (χ3v) is 4.01. The first kappa shape index (κ1) is 12.1. The second-order valence-electron chi connectivity index (χ2n) is 5.38. The number of nitrogens with one attached hydrogen (secondary N) is 1. The van der Waals surface area contributed by atoms with E-state index >= 15 is 0 Å². The number of aromatic nitrogens is 1. The Hall–Kier alpha value is -1.00. The van der Waals surface area contributed by atoms with Crippen molar-refractivity contribution in [3.8, 4) is 0 Å². The van der Waals surface area contributed by atoms with Gasteiger partial charge in [-0.25, -0.2) is 4.39 Å². The molecule has 1 saturated carbocycles. The van der Waals surface area contributed by atoms with E-state index in [2.05, 4.69) is 10.3 Å². The maximum Gasteiger partial charge on any atom is 0.141 e. The Kier molecular flexibility index (Phi) is 3.31. The minimum Gasteiger partial charge on any atom is -0.363 e. The van der Waals surface area contributed by atoms with E-state index in [4.69, 9.17) is 4.74 Å². The van der Waals surface area contributed by atoms with Crippen LogP contribution in [-0.4, -0.2) is 23.7 Å². The van der Waals surface area contributed by atoms with Gasteiger partial charge in [0, 0.05) is 13.1 Å². The summed E-state index contributed by atoms with van der Waals surface area (Å²) >= 11 is 0. The summed E-state index contributed by atoms with van der Waals surface area (Å²) in [5.74, 6) is -0.296. The molecule has 1 atom stereocenters. The van der Waals surface area contributed by atoms with Crippen molar-refractivity contribution in [2.75, 3.05) is 13.1 Å². The Labute approximate surface area is 107 Å². The monoisotopic (exact) mass is 250 g/mol. The second kappa shape index (κ2) is 4.94. The van der Waals surface area contributed by atoms with Crippen LogP contribution in [0.15, 0.2) is 18.3 Å². The molecule has 0 radical (unpaired) electrons. The first-order valence-electron chi connectivity index (χ1n) is 6.77. The highest BCUT2D eigenvalue weighted by atomic mass is 19.1. The predicted octanol–water partition coefficient (Wildman–Crippen LogP) is 2.58. The summed E-state index contributed by atoms with van der Waals surface area (Å²) in [5, 5.41) is 3.45. The van der Waals surface area contributed by atoms with Crippen molar-refractivity contribution >= 4 is 0 Å². The first-order chi connectivity index (χ1) is 8.77. The van der Waals surface area contributed by atoms with Crippen LogP contribution in [0.3, 0.4) is 0 Å². The van der Waals surface area contributed by atoms with E-state index in [-0.39, 0.29) is 17.5 Å². The maximum atomic E-state index is 12.9. The molecule has 1 unspecified atom stereocenters. The van der Waals surface area contributed by atoms with Gasteiger partial charge in [-0.15, -0.1) is 0 Å². The zero-order valence-electron chi connectivity index (χ0n) is 10.5. The molecule has 1 spiro atoms. The van der Waals surface area contributed by atoms with Gasteiger partial charge in [-0.1, -0.05) is 19.3 Å². The zero-order chi connectivity index (χ0) is 12.4. The van der Waals surface area contributed by atoms with E-state index in [1.807, 2.05) is 0 Å². The molecule has 0 bridgehead atoms. The number of hydrogen-bond acceptors (Lipinski definition) is 3. The van der Waals surface area contributed by atoms with Crippen LogP contribution in [0.5, 0.6) is 0 Å². The lowest BCUT2D eigenvalue weighted by Gasteiger charge is -2.44. The van der Waals surface area contributed by atoms with Gasteiger partial charge in [-0.2, -0.15) is 0 Å². The molecule has 2 fully saturated rings. The highest BCUT2D eigenvalue weighted by molar-refractivity contribution is 5.10. The molecule has 98 valence electrons. The summed E-state index contributed by atoms with van der Waals surface area (Å²) in [6, 6.07) is 3.18. The van der Waals surface area contributed by atoms with E-state index < -0.39 is 0 Å². The number of ether oxygens (including phenoxy) is 1. The lowest BCUT2D eigenvalue weighted by atomic mass is 9.83. The Morgan fingerprint density at radius 3 is 2.83 bits per heavy atom. The molecule has 2 aliphatic rings. The van der Waals surface area contributed by atoms with E-state index in [1.54, 1.807) is 6.07 Å². The van der Waals surface area contributed by atoms with Gasteiger partial charge in [0.2, 0.25) is 0 Å². The summed E-state index contributed by atoms with van der Waals surface area (Å²) in [6.45, 7) is 1.70. The molecular formula is C14H19FN2O. The fourth-order valence-electron chi connectivity index (χ4n) is 3.05. The molecule has 1 N–H and O–H groups in total. The lowest BCUT2D eigenvalue weighted by Crippen LogP contribution is -2.51. The number of nitrogens with zero attached hydrogens (tertiary/aromatic N) is 1. The Morgan fingerprint density at radius 2 is 2.11 bits per heavy atom. The molecule has 1 aliphatic carbocycles. The van der Waals surface area contributed by atoms with Crippen LogP contribution in [0, 0.1) is 5.82 Å². The quantitative estimate of drug-likeness (QED) is 0.832. The maximum absolute atomic E-state index is 12.9. The minimum atomic E-state index is -0.296. The summed E-state index contributed by atoms with van der Waals surface area (Å²) in [5.41, 5.74) is 0.811. The first-order valence-corrected chi connectivity index (χ1v) is 6.77. The summed E-state index contributed by atoms with van der Waals surface area (Å²) < 4.78 is 19.2. The Bertz CT molecular complexity index is 395.